The molecule has 6 heteroatoms. The van der Waals surface area contributed by atoms with Crippen molar-refractivity contribution in [3.05, 3.63) is 24.0 Å². The third-order valence-corrected chi connectivity index (χ3v) is 2.53. The van der Waals surface area contributed by atoms with Crippen LogP contribution in [0.2, 0.25) is 0 Å². The number of carboxylic acids is 1. The zero-order chi connectivity index (χ0) is 13.8. The average molecular weight is 251 g/mol. The number of rotatable bonds is 5. The SMILES string of the molecule is CCCC(C)(N)C(=O)Nc1ccc(C(=O)O)nc1. The summed E-state index contributed by atoms with van der Waals surface area (Å²) in [6, 6.07) is 2.81. The molecule has 18 heavy (non-hydrogen) atoms. The molecule has 1 aromatic heterocycles. The third-order valence-electron chi connectivity index (χ3n) is 2.53. The van der Waals surface area contributed by atoms with Crippen molar-refractivity contribution in [1.82, 2.24) is 4.98 Å². The molecule has 0 aromatic carbocycles. The van der Waals surface area contributed by atoms with Crippen LogP contribution in [0, 0.1) is 0 Å². The Morgan fingerprint density at radius 3 is 2.61 bits per heavy atom. The van der Waals surface area contributed by atoms with Crippen molar-refractivity contribution < 1.29 is 14.7 Å². The summed E-state index contributed by atoms with van der Waals surface area (Å²) in [6.07, 6.45) is 2.67. The van der Waals surface area contributed by atoms with Gasteiger partial charge in [0.1, 0.15) is 5.69 Å². The first-order chi connectivity index (χ1) is 8.36. The number of carbonyl (C=O) groups is 2. The van der Waals surface area contributed by atoms with Gasteiger partial charge in [0.25, 0.3) is 0 Å². The van der Waals surface area contributed by atoms with Gasteiger partial charge in [-0.3, -0.25) is 4.79 Å². The number of hydrogen-bond acceptors (Lipinski definition) is 4. The van der Waals surface area contributed by atoms with Gasteiger partial charge in [-0.2, -0.15) is 0 Å². The number of nitrogens with two attached hydrogens (primary N) is 1. The zero-order valence-corrected chi connectivity index (χ0v) is 10.4. The zero-order valence-electron chi connectivity index (χ0n) is 10.4. The summed E-state index contributed by atoms with van der Waals surface area (Å²) in [5.41, 5.74) is 5.28. The summed E-state index contributed by atoms with van der Waals surface area (Å²) in [5, 5.41) is 11.3. The number of amides is 1. The van der Waals surface area contributed by atoms with Crippen LogP contribution in [0.4, 0.5) is 5.69 Å². The molecule has 1 atom stereocenters. The average Bonchev–Trinajstić information content (AvgIpc) is 2.29. The monoisotopic (exact) mass is 251 g/mol. The lowest BCUT2D eigenvalue weighted by molar-refractivity contribution is -0.120. The van der Waals surface area contributed by atoms with Gasteiger partial charge in [0.2, 0.25) is 5.91 Å². The molecule has 0 aliphatic carbocycles. The molecule has 0 aliphatic heterocycles. The number of aromatic nitrogens is 1. The minimum absolute atomic E-state index is 0.0722. The molecule has 1 amide bonds. The van der Waals surface area contributed by atoms with Crippen LogP contribution in [0.25, 0.3) is 0 Å². The fourth-order valence-corrected chi connectivity index (χ4v) is 1.50. The van der Waals surface area contributed by atoms with Crippen molar-refractivity contribution in [3.8, 4) is 0 Å². The van der Waals surface area contributed by atoms with Crippen LogP contribution >= 0.6 is 0 Å². The van der Waals surface area contributed by atoms with Crippen LogP contribution in [-0.4, -0.2) is 27.5 Å². The van der Waals surface area contributed by atoms with E-state index in [1.54, 1.807) is 6.92 Å². The summed E-state index contributed by atoms with van der Waals surface area (Å²) in [7, 11) is 0. The van der Waals surface area contributed by atoms with Crippen LogP contribution in [0.1, 0.15) is 37.2 Å². The largest absolute Gasteiger partial charge is 0.477 e. The number of carboxylic acid groups (broad SMARTS) is 1. The molecular weight excluding hydrogens is 234 g/mol. The second-order valence-corrected chi connectivity index (χ2v) is 4.36. The lowest BCUT2D eigenvalue weighted by atomic mass is 9.96. The van der Waals surface area contributed by atoms with Gasteiger partial charge in [0, 0.05) is 0 Å². The maximum Gasteiger partial charge on any atom is 0.354 e. The molecule has 0 fully saturated rings. The highest BCUT2D eigenvalue weighted by Crippen LogP contribution is 2.13. The molecule has 1 rings (SSSR count). The molecule has 0 spiro atoms. The van der Waals surface area contributed by atoms with Gasteiger partial charge in [-0.1, -0.05) is 13.3 Å². The topological polar surface area (TPSA) is 105 Å². The summed E-state index contributed by atoms with van der Waals surface area (Å²) in [6.45, 7) is 3.60. The first kappa shape index (κ1) is 14.1. The number of pyridine rings is 1. The Morgan fingerprint density at radius 1 is 1.50 bits per heavy atom. The molecule has 4 N–H and O–H groups in total. The van der Waals surface area contributed by atoms with Gasteiger partial charge in [-0.05, 0) is 25.5 Å². The predicted octanol–water partition coefficient (Wildman–Crippen LogP) is 1.24. The standard InChI is InChI=1S/C12H17N3O3/c1-3-6-12(2,13)11(18)15-8-4-5-9(10(16)17)14-7-8/h4-5,7H,3,6,13H2,1-2H3,(H,15,18)(H,16,17). The van der Waals surface area contributed by atoms with E-state index >= 15 is 0 Å². The van der Waals surface area contributed by atoms with E-state index < -0.39 is 11.5 Å². The van der Waals surface area contributed by atoms with E-state index in [1.807, 2.05) is 6.92 Å². The minimum atomic E-state index is -1.11. The minimum Gasteiger partial charge on any atom is -0.477 e. The highest BCUT2D eigenvalue weighted by molar-refractivity contribution is 5.97. The number of nitrogens with one attached hydrogen (secondary N) is 1. The van der Waals surface area contributed by atoms with E-state index in [1.165, 1.54) is 18.3 Å². The molecule has 0 radical (unpaired) electrons. The Balaban J connectivity index is 2.73. The Kier molecular flexibility index (Phi) is 4.38. The quantitative estimate of drug-likeness (QED) is 0.730. The molecule has 98 valence electrons. The van der Waals surface area contributed by atoms with Gasteiger partial charge >= 0.3 is 5.97 Å². The lowest BCUT2D eigenvalue weighted by Gasteiger charge is -2.22. The molecule has 1 unspecified atom stereocenters. The Bertz CT molecular complexity index is 440. The van der Waals surface area contributed by atoms with Crippen molar-refractivity contribution in [2.24, 2.45) is 5.73 Å². The number of anilines is 1. The molecule has 1 aromatic rings. The van der Waals surface area contributed by atoms with Crippen molar-refractivity contribution >= 4 is 17.6 Å². The highest BCUT2D eigenvalue weighted by atomic mass is 16.4. The van der Waals surface area contributed by atoms with Crippen molar-refractivity contribution in [3.63, 3.8) is 0 Å². The van der Waals surface area contributed by atoms with Gasteiger partial charge in [-0.15, -0.1) is 0 Å². The second-order valence-electron chi connectivity index (χ2n) is 4.36. The maximum absolute atomic E-state index is 11.9. The van der Waals surface area contributed by atoms with E-state index in [4.69, 9.17) is 10.8 Å². The fourth-order valence-electron chi connectivity index (χ4n) is 1.50. The van der Waals surface area contributed by atoms with Gasteiger partial charge in [0.05, 0.1) is 17.4 Å². The number of carbonyl (C=O) groups excluding carboxylic acids is 1. The summed E-state index contributed by atoms with van der Waals surface area (Å²) in [4.78, 5) is 26.2. The molecule has 0 saturated carbocycles. The van der Waals surface area contributed by atoms with E-state index in [0.29, 0.717) is 12.1 Å². The molecule has 0 bridgehead atoms. The van der Waals surface area contributed by atoms with Crippen molar-refractivity contribution in [1.29, 1.82) is 0 Å². The summed E-state index contributed by atoms with van der Waals surface area (Å²) >= 11 is 0. The first-order valence-corrected chi connectivity index (χ1v) is 5.66. The van der Waals surface area contributed by atoms with E-state index in [2.05, 4.69) is 10.3 Å². The highest BCUT2D eigenvalue weighted by Gasteiger charge is 2.27. The first-order valence-electron chi connectivity index (χ1n) is 5.66. The number of hydrogen-bond donors (Lipinski definition) is 3. The number of aromatic carboxylic acids is 1. The maximum atomic E-state index is 11.9. The van der Waals surface area contributed by atoms with Crippen LogP contribution in [0.15, 0.2) is 18.3 Å². The second kappa shape index (κ2) is 5.59. The fraction of sp³-hybridized carbons (Fsp3) is 0.417. The Morgan fingerprint density at radius 2 is 2.17 bits per heavy atom. The van der Waals surface area contributed by atoms with Crippen molar-refractivity contribution in [2.45, 2.75) is 32.2 Å². The predicted molar refractivity (Wildman–Crippen MR) is 67.3 cm³/mol. The van der Waals surface area contributed by atoms with Crippen LogP contribution < -0.4 is 11.1 Å². The molecule has 1 heterocycles. The number of nitrogens with zero attached hydrogens (tertiary/aromatic N) is 1. The summed E-state index contributed by atoms with van der Waals surface area (Å²) in [5.74, 6) is -1.42. The van der Waals surface area contributed by atoms with Gasteiger partial charge < -0.3 is 16.2 Å². The smallest absolute Gasteiger partial charge is 0.354 e. The molecule has 0 saturated heterocycles. The van der Waals surface area contributed by atoms with Crippen LogP contribution in [0.5, 0.6) is 0 Å². The molecule has 6 nitrogen and oxygen atoms in total. The molecule has 0 aliphatic rings. The van der Waals surface area contributed by atoms with Crippen molar-refractivity contribution in [2.75, 3.05) is 5.32 Å². The van der Waals surface area contributed by atoms with Crippen LogP contribution in [0.3, 0.4) is 0 Å². The third kappa shape index (κ3) is 3.53. The normalized spacial score (nSPS) is 13.7. The van der Waals surface area contributed by atoms with Crippen LogP contribution in [-0.2, 0) is 4.79 Å². The van der Waals surface area contributed by atoms with E-state index in [0.717, 1.165) is 6.42 Å². The van der Waals surface area contributed by atoms with E-state index in [-0.39, 0.29) is 11.6 Å². The van der Waals surface area contributed by atoms with E-state index in [9.17, 15) is 9.59 Å². The van der Waals surface area contributed by atoms with Gasteiger partial charge in [0.15, 0.2) is 0 Å². The lowest BCUT2D eigenvalue weighted by Crippen LogP contribution is -2.48. The molecular formula is C12H17N3O3. The Labute approximate surface area is 105 Å². The summed E-state index contributed by atoms with van der Waals surface area (Å²) < 4.78 is 0. The van der Waals surface area contributed by atoms with Gasteiger partial charge in [-0.25, -0.2) is 9.78 Å². The Hall–Kier alpha value is -1.95.